The zero-order chi connectivity index (χ0) is 12.4. The number of carbonyl (C=O) groups is 1. The molecular formula is C10H7ClN2O2S2. The molecule has 2 rings (SSSR count). The van der Waals surface area contributed by atoms with Crippen molar-refractivity contribution in [2.45, 2.75) is 16.2 Å². The second-order valence-electron chi connectivity index (χ2n) is 3.14. The van der Waals surface area contributed by atoms with Crippen LogP contribution in [-0.4, -0.2) is 21.3 Å². The smallest absolute Gasteiger partial charge is 0.335 e. The Labute approximate surface area is 111 Å². The molecule has 1 N–H and O–H groups in total. The molecule has 0 saturated carbocycles. The molecule has 2 aromatic rings. The van der Waals surface area contributed by atoms with Crippen LogP contribution < -0.4 is 0 Å². The van der Waals surface area contributed by atoms with E-state index in [-0.39, 0.29) is 5.56 Å². The normalized spacial score (nSPS) is 10.5. The van der Waals surface area contributed by atoms with Gasteiger partial charge in [0.05, 0.1) is 10.6 Å². The van der Waals surface area contributed by atoms with E-state index in [0.717, 1.165) is 14.2 Å². The SMILES string of the molecule is Cc1nnc(Sc2ccc(C(=O)O)cc2Cl)s1. The molecule has 0 aliphatic carbocycles. The van der Waals surface area contributed by atoms with Crippen LogP contribution in [0.25, 0.3) is 0 Å². The highest BCUT2D eigenvalue weighted by Crippen LogP contribution is 2.35. The fraction of sp³-hybridized carbons (Fsp3) is 0.100. The number of hydrogen-bond donors (Lipinski definition) is 1. The van der Waals surface area contributed by atoms with Crippen molar-refractivity contribution in [3.8, 4) is 0 Å². The number of halogens is 1. The fourth-order valence-corrected chi connectivity index (χ4v) is 3.20. The Morgan fingerprint density at radius 3 is 2.76 bits per heavy atom. The van der Waals surface area contributed by atoms with Crippen molar-refractivity contribution in [1.29, 1.82) is 0 Å². The number of aromatic carboxylic acids is 1. The molecule has 0 aliphatic heterocycles. The summed E-state index contributed by atoms with van der Waals surface area (Å²) in [6, 6.07) is 4.62. The van der Waals surface area contributed by atoms with E-state index in [1.54, 1.807) is 6.07 Å². The summed E-state index contributed by atoms with van der Waals surface area (Å²) in [5, 5.41) is 18.0. The third-order valence-corrected chi connectivity index (χ3v) is 4.27. The zero-order valence-corrected chi connectivity index (χ0v) is 11.1. The maximum atomic E-state index is 10.7. The highest BCUT2D eigenvalue weighted by Gasteiger charge is 2.10. The predicted octanol–water partition coefficient (Wildman–Crippen LogP) is 3.35. The fourth-order valence-electron chi connectivity index (χ4n) is 1.13. The molecule has 0 saturated heterocycles. The van der Waals surface area contributed by atoms with Gasteiger partial charge in [-0.1, -0.05) is 34.7 Å². The number of aryl methyl sites for hydroxylation is 1. The van der Waals surface area contributed by atoms with Crippen molar-refractivity contribution in [2.24, 2.45) is 0 Å². The average Bonchev–Trinajstić information content (AvgIpc) is 2.67. The predicted molar refractivity (Wildman–Crippen MR) is 67.2 cm³/mol. The minimum Gasteiger partial charge on any atom is -0.478 e. The van der Waals surface area contributed by atoms with E-state index in [1.807, 2.05) is 6.92 Å². The molecule has 0 amide bonds. The number of nitrogens with zero attached hydrogens (tertiary/aromatic N) is 2. The molecule has 1 aromatic carbocycles. The van der Waals surface area contributed by atoms with Gasteiger partial charge in [-0.2, -0.15) is 0 Å². The largest absolute Gasteiger partial charge is 0.478 e. The van der Waals surface area contributed by atoms with E-state index in [4.69, 9.17) is 16.7 Å². The number of rotatable bonds is 3. The Balaban J connectivity index is 2.25. The molecule has 1 aromatic heterocycles. The number of aromatic nitrogens is 2. The summed E-state index contributed by atoms with van der Waals surface area (Å²) in [5.74, 6) is -0.991. The molecule has 0 unspecified atom stereocenters. The van der Waals surface area contributed by atoms with Gasteiger partial charge in [-0.25, -0.2) is 4.79 Å². The number of benzene rings is 1. The van der Waals surface area contributed by atoms with E-state index in [0.29, 0.717) is 5.02 Å². The summed E-state index contributed by atoms with van der Waals surface area (Å²) in [6.07, 6.45) is 0. The summed E-state index contributed by atoms with van der Waals surface area (Å²) >= 11 is 8.85. The third kappa shape index (κ3) is 2.96. The van der Waals surface area contributed by atoms with Gasteiger partial charge in [0.1, 0.15) is 5.01 Å². The van der Waals surface area contributed by atoms with Gasteiger partial charge in [-0.05, 0) is 25.1 Å². The molecule has 0 aliphatic rings. The number of hydrogen-bond acceptors (Lipinski definition) is 5. The second kappa shape index (κ2) is 5.03. The summed E-state index contributed by atoms with van der Waals surface area (Å²) < 4.78 is 0.785. The summed E-state index contributed by atoms with van der Waals surface area (Å²) in [7, 11) is 0. The third-order valence-electron chi connectivity index (χ3n) is 1.88. The first-order valence-corrected chi connectivity index (χ1v) is 6.58. The highest BCUT2D eigenvalue weighted by atomic mass is 35.5. The van der Waals surface area contributed by atoms with Crippen LogP contribution in [0, 0.1) is 6.92 Å². The Kier molecular flexibility index (Phi) is 3.66. The van der Waals surface area contributed by atoms with Gasteiger partial charge in [-0.15, -0.1) is 10.2 Å². The van der Waals surface area contributed by atoms with Crippen molar-refractivity contribution in [2.75, 3.05) is 0 Å². The van der Waals surface area contributed by atoms with Crippen molar-refractivity contribution in [3.05, 3.63) is 33.8 Å². The minimum atomic E-state index is -0.991. The van der Waals surface area contributed by atoms with E-state index < -0.39 is 5.97 Å². The lowest BCUT2D eigenvalue weighted by atomic mass is 10.2. The van der Waals surface area contributed by atoms with Gasteiger partial charge in [-0.3, -0.25) is 0 Å². The van der Waals surface area contributed by atoms with E-state index in [1.165, 1.54) is 35.2 Å². The first-order valence-electron chi connectivity index (χ1n) is 4.57. The standard InChI is InChI=1S/C10H7ClN2O2S2/c1-5-12-13-10(16-5)17-8-3-2-6(9(14)15)4-7(8)11/h2-4H,1H3,(H,14,15). The molecule has 0 bridgehead atoms. The van der Waals surface area contributed by atoms with Crippen LogP contribution >= 0.6 is 34.7 Å². The summed E-state index contributed by atoms with van der Waals surface area (Å²) in [6.45, 7) is 1.87. The van der Waals surface area contributed by atoms with Gasteiger partial charge in [0.25, 0.3) is 0 Å². The molecule has 0 spiro atoms. The topological polar surface area (TPSA) is 63.1 Å². The maximum absolute atomic E-state index is 10.7. The molecular weight excluding hydrogens is 280 g/mol. The van der Waals surface area contributed by atoms with Crippen LogP contribution in [0.15, 0.2) is 27.4 Å². The summed E-state index contributed by atoms with van der Waals surface area (Å²) in [5.41, 5.74) is 0.174. The van der Waals surface area contributed by atoms with Crippen LogP contribution in [0.3, 0.4) is 0 Å². The second-order valence-corrected chi connectivity index (χ2v) is 6.02. The minimum absolute atomic E-state index is 0.174. The average molecular weight is 287 g/mol. The zero-order valence-electron chi connectivity index (χ0n) is 8.68. The van der Waals surface area contributed by atoms with Crippen LogP contribution in [0.4, 0.5) is 0 Å². The van der Waals surface area contributed by atoms with Gasteiger partial charge in [0, 0.05) is 4.90 Å². The molecule has 0 fully saturated rings. The Bertz CT molecular complexity index is 571. The van der Waals surface area contributed by atoms with Crippen molar-refractivity contribution >= 4 is 40.7 Å². The highest BCUT2D eigenvalue weighted by molar-refractivity contribution is 8.01. The van der Waals surface area contributed by atoms with Crippen molar-refractivity contribution in [3.63, 3.8) is 0 Å². The molecule has 0 radical (unpaired) electrons. The van der Waals surface area contributed by atoms with Crippen LogP contribution in [0.5, 0.6) is 0 Å². The van der Waals surface area contributed by atoms with Gasteiger partial charge < -0.3 is 5.11 Å². The number of carboxylic acid groups (broad SMARTS) is 1. The molecule has 1 heterocycles. The molecule has 4 nitrogen and oxygen atoms in total. The lowest BCUT2D eigenvalue weighted by molar-refractivity contribution is 0.0697. The molecule has 7 heteroatoms. The van der Waals surface area contributed by atoms with Gasteiger partial charge in [0.2, 0.25) is 0 Å². The molecule has 17 heavy (non-hydrogen) atoms. The monoisotopic (exact) mass is 286 g/mol. The van der Waals surface area contributed by atoms with Crippen molar-refractivity contribution in [1.82, 2.24) is 10.2 Å². The first-order chi connectivity index (χ1) is 8.06. The Morgan fingerprint density at radius 1 is 1.47 bits per heavy atom. The quantitative estimate of drug-likeness (QED) is 0.937. The van der Waals surface area contributed by atoms with Crippen LogP contribution in [0.1, 0.15) is 15.4 Å². The lowest BCUT2D eigenvalue weighted by Gasteiger charge is -2.02. The number of carboxylic acids is 1. The maximum Gasteiger partial charge on any atom is 0.335 e. The van der Waals surface area contributed by atoms with E-state index in [2.05, 4.69) is 10.2 Å². The van der Waals surface area contributed by atoms with Gasteiger partial charge >= 0.3 is 5.97 Å². The Hall–Kier alpha value is -1.11. The van der Waals surface area contributed by atoms with E-state index in [9.17, 15) is 4.79 Å². The van der Waals surface area contributed by atoms with Crippen molar-refractivity contribution < 1.29 is 9.90 Å². The van der Waals surface area contributed by atoms with E-state index >= 15 is 0 Å². The Morgan fingerprint density at radius 2 is 2.24 bits per heavy atom. The summed E-state index contributed by atoms with van der Waals surface area (Å²) in [4.78, 5) is 11.5. The van der Waals surface area contributed by atoms with Gasteiger partial charge in [0.15, 0.2) is 4.34 Å². The van der Waals surface area contributed by atoms with Crippen LogP contribution in [-0.2, 0) is 0 Å². The molecule has 88 valence electrons. The first kappa shape index (κ1) is 12.3. The lowest BCUT2D eigenvalue weighted by Crippen LogP contribution is -1.95. The molecule has 0 atom stereocenters. The van der Waals surface area contributed by atoms with Crippen LogP contribution in [0.2, 0.25) is 5.02 Å².